The second-order valence-electron chi connectivity index (χ2n) is 6.22. The lowest BCUT2D eigenvalue weighted by molar-refractivity contribution is 0.145. The quantitative estimate of drug-likeness (QED) is 0.712. The molecule has 1 saturated heterocycles. The van der Waals surface area contributed by atoms with Gasteiger partial charge in [0.15, 0.2) is 11.3 Å². The third-order valence-electron chi connectivity index (χ3n) is 4.50. The van der Waals surface area contributed by atoms with E-state index in [2.05, 4.69) is 17.2 Å². The summed E-state index contributed by atoms with van der Waals surface area (Å²) in [6, 6.07) is 8.66. The topological polar surface area (TPSA) is 84.7 Å². The highest BCUT2D eigenvalue weighted by Crippen LogP contribution is 2.31. The number of ether oxygens (including phenoxy) is 1. The van der Waals surface area contributed by atoms with Gasteiger partial charge in [0.2, 0.25) is 11.2 Å². The molecule has 134 valence electrons. The Morgan fingerprint density at radius 1 is 1.27 bits per heavy atom. The van der Waals surface area contributed by atoms with Gasteiger partial charge in [-0.2, -0.15) is 0 Å². The van der Waals surface area contributed by atoms with E-state index in [0.29, 0.717) is 43.0 Å². The van der Waals surface area contributed by atoms with E-state index in [0.717, 1.165) is 12.0 Å². The predicted molar refractivity (Wildman–Crippen MR) is 96.7 cm³/mol. The monoisotopic (exact) mass is 353 g/mol. The van der Waals surface area contributed by atoms with Crippen LogP contribution in [0.3, 0.4) is 0 Å². The highest BCUT2D eigenvalue weighted by atomic mass is 16.6. The second kappa shape index (κ2) is 6.76. The van der Waals surface area contributed by atoms with E-state index in [1.165, 1.54) is 6.07 Å². The van der Waals surface area contributed by atoms with Crippen molar-refractivity contribution in [3.05, 3.63) is 46.1 Å². The number of piperazine rings is 1. The van der Waals surface area contributed by atoms with Crippen LogP contribution >= 0.6 is 0 Å². The Bertz CT molecular complexity index is 992. The van der Waals surface area contributed by atoms with Crippen molar-refractivity contribution in [1.82, 2.24) is 15.2 Å². The first-order chi connectivity index (χ1) is 12.7. The molecule has 26 heavy (non-hydrogen) atoms. The minimum atomic E-state index is -0.548. The molecule has 7 heteroatoms. The molecule has 0 unspecified atom stereocenters. The number of nitrogens with zero attached hydrogens (tertiary/aromatic N) is 2. The van der Waals surface area contributed by atoms with Gasteiger partial charge in [-0.05, 0) is 36.2 Å². The van der Waals surface area contributed by atoms with Crippen molar-refractivity contribution < 1.29 is 13.9 Å². The Kier molecular flexibility index (Phi) is 4.30. The first kappa shape index (κ1) is 16.5. The number of aryl methyl sites for hydroxylation is 1. The molecule has 2 heterocycles. The van der Waals surface area contributed by atoms with Crippen LogP contribution in [0.1, 0.15) is 12.5 Å². The zero-order chi connectivity index (χ0) is 18.1. The third-order valence-corrected chi connectivity index (χ3v) is 4.50. The van der Waals surface area contributed by atoms with Crippen molar-refractivity contribution >= 4 is 17.2 Å². The van der Waals surface area contributed by atoms with Crippen LogP contribution in [0, 0.1) is 0 Å². The Morgan fingerprint density at radius 3 is 2.85 bits per heavy atom. The molecular weight excluding hydrogens is 334 g/mol. The minimum absolute atomic E-state index is 0.111. The van der Waals surface area contributed by atoms with E-state index >= 15 is 0 Å². The maximum Gasteiger partial charge on any atom is 0.415 e. The molecule has 2 aliphatic heterocycles. The van der Waals surface area contributed by atoms with Gasteiger partial charge in [-0.1, -0.05) is 13.0 Å². The fraction of sp³-hybridized carbons (Fsp3) is 0.316. The maximum atomic E-state index is 12.4. The van der Waals surface area contributed by atoms with Crippen molar-refractivity contribution in [2.45, 2.75) is 13.3 Å². The van der Waals surface area contributed by atoms with Gasteiger partial charge in [0.25, 0.3) is 0 Å². The summed E-state index contributed by atoms with van der Waals surface area (Å²) in [4.78, 5) is 30.8. The smallest absolute Gasteiger partial charge is 0.415 e. The summed E-state index contributed by atoms with van der Waals surface area (Å²) in [7, 11) is 0. The lowest BCUT2D eigenvalue weighted by atomic mass is 10.1. The molecule has 0 bridgehead atoms. The lowest BCUT2D eigenvalue weighted by Crippen LogP contribution is -2.47. The molecule has 1 aliphatic carbocycles. The second-order valence-corrected chi connectivity index (χ2v) is 6.22. The van der Waals surface area contributed by atoms with Crippen molar-refractivity contribution in [1.29, 1.82) is 0 Å². The highest BCUT2D eigenvalue weighted by Gasteiger charge is 2.24. The summed E-state index contributed by atoms with van der Waals surface area (Å²) >= 11 is 0. The molecule has 1 N–H and O–H groups in total. The van der Waals surface area contributed by atoms with Gasteiger partial charge < -0.3 is 19.4 Å². The van der Waals surface area contributed by atoms with Gasteiger partial charge in [-0.3, -0.25) is 4.79 Å². The van der Waals surface area contributed by atoms with E-state index < -0.39 is 11.5 Å². The normalized spacial score (nSPS) is 14.7. The van der Waals surface area contributed by atoms with Crippen LogP contribution in [-0.4, -0.2) is 42.2 Å². The Hall–Kier alpha value is -2.93. The van der Waals surface area contributed by atoms with Crippen LogP contribution in [0.2, 0.25) is 0 Å². The highest BCUT2D eigenvalue weighted by molar-refractivity contribution is 5.80. The van der Waals surface area contributed by atoms with Crippen molar-refractivity contribution in [2.75, 3.05) is 26.2 Å². The molecule has 7 nitrogen and oxygen atoms in total. The number of amides is 1. The van der Waals surface area contributed by atoms with Gasteiger partial charge in [0, 0.05) is 26.2 Å². The molecule has 0 atom stereocenters. The summed E-state index contributed by atoms with van der Waals surface area (Å²) < 4.78 is 11.3. The largest absolute Gasteiger partial charge is 0.449 e. The van der Waals surface area contributed by atoms with Gasteiger partial charge in [0.1, 0.15) is 11.2 Å². The number of hydrogen-bond donors (Lipinski definition) is 1. The van der Waals surface area contributed by atoms with E-state index in [1.807, 2.05) is 18.2 Å². The molecule has 4 rings (SSSR count). The number of nitrogens with one attached hydrogen (secondary N) is 1. The number of carbonyl (C=O) groups excluding carboxylic acids is 1. The standard InChI is InChI=1S/C19H19N3O4/c1-2-12-3-6-16-14(11-12)21-13-4-5-15(23)18(17(13)25-16)26-19(24)22-9-7-20-8-10-22/h3-6,11,20H,2,7-10H2,1H3. The molecule has 3 aliphatic rings. The van der Waals surface area contributed by atoms with E-state index in [4.69, 9.17) is 9.15 Å². The van der Waals surface area contributed by atoms with Gasteiger partial charge in [0.05, 0.1) is 0 Å². The summed E-state index contributed by atoms with van der Waals surface area (Å²) in [6.45, 7) is 4.54. The third kappa shape index (κ3) is 3.01. The van der Waals surface area contributed by atoms with Crippen LogP contribution in [0.4, 0.5) is 4.79 Å². The maximum absolute atomic E-state index is 12.4. The fourth-order valence-corrected chi connectivity index (χ4v) is 3.01. The summed E-state index contributed by atoms with van der Waals surface area (Å²) in [5.74, 6) is 0.0812. The zero-order valence-corrected chi connectivity index (χ0v) is 14.4. The number of carbonyl (C=O) groups is 1. The number of fused-ring (bicyclic) bond motifs is 2. The van der Waals surface area contributed by atoms with Gasteiger partial charge in [-0.15, -0.1) is 0 Å². The van der Waals surface area contributed by atoms with Gasteiger partial charge >= 0.3 is 6.09 Å². The number of aromatic nitrogens is 1. The Morgan fingerprint density at radius 2 is 2.08 bits per heavy atom. The zero-order valence-electron chi connectivity index (χ0n) is 14.4. The summed E-state index contributed by atoms with van der Waals surface area (Å²) in [5.41, 5.74) is 2.46. The average molecular weight is 353 g/mol. The molecule has 0 spiro atoms. The van der Waals surface area contributed by atoms with Crippen LogP contribution in [0.5, 0.6) is 5.75 Å². The van der Waals surface area contributed by atoms with E-state index in [9.17, 15) is 9.59 Å². The van der Waals surface area contributed by atoms with Crippen LogP contribution in [-0.2, 0) is 6.42 Å². The molecule has 1 amide bonds. The molecule has 1 fully saturated rings. The van der Waals surface area contributed by atoms with Crippen molar-refractivity contribution in [2.24, 2.45) is 0 Å². The van der Waals surface area contributed by atoms with Crippen LogP contribution in [0.15, 0.2) is 39.5 Å². The van der Waals surface area contributed by atoms with E-state index in [-0.39, 0.29) is 11.5 Å². The molecule has 0 saturated carbocycles. The van der Waals surface area contributed by atoms with Crippen LogP contribution < -0.4 is 15.5 Å². The predicted octanol–water partition coefficient (Wildman–Crippen LogP) is 2.26. The molecule has 1 aromatic carbocycles. The fourth-order valence-electron chi connectivity index (χ4n) is 3.01. The Labute approximate surface area is 149 Å². The molecule has 0 aromatic heterocycles. The first-order valence-corrected chi connectivity index (χ1v) is 8.69. The average Bonchev–Trinajstić information content (AvgIpc) is 2.69. The van der Waals surface area contributed by atoms with Crippen molar-refractivity contribution in [3.63, 3.8) is 0 Å². The number of benzene rings is 2. The molecule has 0 radical (unpaired) electrons. The van der Waals surface area contributed by atoms with Crippen LogP contribution in [0.25, 0.3) is 22.6 Å². The number of hydrogen-bond acceptors (Lipinski definition) is 6. The molecular formula is C19H19N3O4. The van der Waals surface area contributed by atoms with E-state index in [1.54, 1.807) is 11.0 Å². The number of rotatable bonds is 2. The summed E-state index contributed by atoms with van der Waals surface area (Å²) in [5, 5.41) is 3.16. The first-order valence-electron chi connectivity index (χ1n) is 8.69. The Balaban J connectivity index is 1.76. The van der Waals surface area contributed by atoms with Gasteiger partial charge in [-0.25, -0.2) is 9.78 Å². The molecule has 1 aromatic rings. The SMILES string of the molecule is CCc1ccc2oc3c(OC(=O)N4CCNCC4)c(=O)ccc-3nc2c1. The summed E-state index contributed by atoms with van der Waals surface area (Å²) in [6.07, 6.45) is 0.343. The van der Waals surface area contributed by atoms with Crippen molar-refractivity contribution in [3.8, 4) is 17.2 Å². The lowest BCUT2D eigenvalue weighted by Gasteiger charge is -2.26. The minimum Gasteiger partial charge on any atom is -0.449 e.